The SMILES string of the molecule is Cc1cccc2c1[n+](-c1c(-c3ccccc3)cccc1-c1ccccc1)[c-]n2-c1[c-]c(Oc2[c-]c3c(cc2)c2cc(C(C)(C)C)ccc2n3-c2cc(C(C)C(C)C)ccn2)ccc1.[Pt]. The van der Waals surface area contributed by atoms with E-state index in [-0.39, 0.29) is 26.5 Å². The molecule has 0 spiro atoms. The standard InChI is InChI=1S/C58H50N4O.Pt/c1-38(2)40(4)43-31-32-59-55(33-43)62-52-30-27-44(58(5,6)7)34-51(52)50-29-28-47(36-54(50)62)63-46-23-15-22-45(35-46)60-37-61(56-39(3)17-14-26-53(56)60)57-48(41-18-10-8-11-19-41)24-16-25-49(57)42-20-12-9-13-21-42;/h8-34,38,40H,1-7H3;/q-2;. The van der Waals surface area contributed by atoms with Crippen LogP contribution in [0.15, 0.2) is 164 Å². The minimum atomic E-state index is -0.00298. The zero-order valence-electron chi connectivity index (χ0n) is 37.3. The number of imidazole rings is 1. The van der Waals surface area contributed by atoms with Crippen LogP contribution in [0.3, 0.4) is 0 Å². The molecule has 0 N–H and O–H groups in total. The van der Waals surface area contributed by atoms with Crippen LogP contribution in [0.1, 0.15) is 64.2 Å². The number of aryl methyl sites for hydroxylation is 1. The van der Waals surface area contributed by atoms with Gasteiger partial charge >= 0.3 is 0 Å². The zero-order chi connectivity index (χ0) is 43.4. The molecule has 0 radical (unpaired) electrons. The van der Waals surface area contributed by atoms with Crippen molar-refractivity contribution in [3.63, 3.8) is 0 Å². The van der Waals surface area contributed by atoms with Crippen LogP contribution in [0.4, 0.5) is 0 Å². The van der Waals surface area contributed by atoms with E-state index < -0.39 is 0 Å². The van der Waals surface area contributed by atoms with Crippen LogP contribution < -0.4 is 9.30 Å². The van der Waals surface area contributed by atoms with Crippen molar-refractivity contribution in [2.75, 3.05) is 0 Å². The quantitative estimate of drug-likeness (QED) is 0.107. The largest absolute Gasteiger partial charge is 0.510 e. The number of rotatable bonds is 9. The molecule has 7 aromatic carbocycles. The summed E-state index contributed by atoms with van der Waals surface area (Å²) in [5.74, 6) is 2.93. The second-order valence-corrected chi connectivity index (χ2v) is 18.0. The molecule has 10 aromatic rings. The summed E-state index contributed by atoms with van der Waals surface area (Å²) in [7, 11) is 0. The Hall–Kier alpha value is -6.55. The van der Waals surface area contributed by atoms with Crippen molar-refractivity contribution in [3.05, 3.63) is 199 Å². The maximum atomic E-state index is 6.71. The molecule has 6 heteroatoms. The fraction of sp³-hybridized carbons (Fsp3) is 0.172. The van der Waals surface area contributed by atoms with Crippen molar-refractivity contribution >= 4 is 32.8 Å². The Morgan fingerprint density at radius 2 is 1.31 bits per heavy atom. The Kier molecular flexibility index (Phi) is 11.5. The summed E-state index contributed by atoms with van der Waals surface area (Å²) in [6.07, 6.45) is 5.73. The van der Waals surface area contributed by atoms with E-state index in [1.54, 1.807) is 0 Å². The van der Waals surface area contributed by atoms with Crippen LogP contribution in [-0.4, -0.2) is 14.1 Å². The number of para-hydroxylation sites is 2. The molecule has 320 valence electrons. The number of fused-ring (bicyclic) bond motifs is 4. The van der Waals surface area contributed by atoms with E-state index in [1.165, 1.54) is 16.5 Å². The third-order valence-corrected chi connectivity index (χ3v) is 12.6. The molecule has 0 saturated heterocycles. The fourth-order valence-corrected chi connectivity index (χ4v) is 8.81. The number of benzene rings is 7. The number of ether oxygens (including phenoxy) is 1. The van der Waals surface area contributed by atoms with Gasteiger partial charge in [0.15, 0.2) is 0 Å². The van der Waals surface area contributed by atoms with Crippen LogP contribution in [0.2, 0.25) is 0 Å². The first-order chi connectivity index (χ1) is 30.5. The third-order valence-electron chi connectivity index (χ3n) is 12.6. The topological polar surface area (TPSA) is 35.9 Å². The Bertz CT molecular complexity index is 3250. The van der Waals surface area contributed by atoms with Crippen molar-refractivity contribution in [3.8, 4) is 50.9 Å². The number of pyridine rings is 1. The number of nitrogens with zero attached hydrogens (tertiary/aromatic N) is 4. The summed E-state index contributed by atoms with van der Waals surface area (Å²) >= 11 is 0. The Morgan fingerprint density at radius 1 is 0.641 bits per heavy atom. The predicted molar refractivity (Wildman–Crippen MR) is 258 cm³/mol. The predicted octanol–water partition coefficient (Wildman–Crippen LogP) is 14.3. The fourth-order valence-electron chi connectivity index (χ4n) is 8.81. The van der Waals surface area contributed by atoms with E-state index in [2.05, 4.69) is 220 Å². The first kappa shape index (κ1) is 42.7. The van der Waals surface area contributed by atoms with Gasteiger partial charge in [0.05, 0.1) is 16.7 Å². The van der Waals surface area contributed by atoms with E-state index >= 15 is 0 Å². The molecule has 0 aliphatic heterocycles. The Labute approximate surface area is 390 Å². The van der Waals surface area contributed by atoms with Gasteiger partial charge in [-0.2, -0.15) is 18.2 Å². The van der Waals surface area contributed by atoms with Gasteiger partial charge in [-0.1, -0.05) is 156 Å². The molecule has 0 fully saturated rings. The van der Waals surface area contributed by atoms with Gasteiger partial charge in [-0.15, -0.1) is 29.7 Å². The van der Waals surface area contributed by atoms with E-state index in [0.717, 1.165) is 72.5 Å². The first-order valence-corrected chi connectivity index (χ1v) is 21.9. The first-order valence-electron chi connectivity index (χ1n) is 21.9. The molecule has 1 unspecified atom stereocenters. The minimum absolute atomic E-state index is 0. The summed E-state index contributed by atoms with van der Waals surface area (Å²) in [6, 6.07) is 62.8. The van der Waals surface area contributed by atoms with Crippen molar-refractivity contribution in [1.29, 1.82) is 0 Å². The number of hydrogen-bond acceptors (Lipinski definition) is 2. The Morgan fingerprint density at radius 3 is 2.00 bits per heavy atom. The molecule has 10 rings (SSSR count). The van der Waals surface area contributed by atoms with Gasteiger partial charge in [-0.3, -0.25) is 4.57 Å². The van der Waals surface area contributed by atoms with Crippen LogP contribution in [0.25, 0.3) is 72.3 Å². The van der Waals surface area contributed by atoms with E-state index in [1.807, 2.05) is 24.4 Å². The summed E-state index contributed by atoms with van der Waals surface area (Å²) in [5, 5.41) is 2.27. The molecule has 3 heterocycles. The molecule has 1 atom stereocenters. The average molecular weight is 1010 g/mol. The van der Waals surface area contributed by atoms with Gasteiger partial charge in [0, 0.05) is 44.3 Å². The van der Waals surface area contributed by atoms with Crippen LogP contribution in [0.5, 0.6) is 11.5 Å². The van der Waals surface area contributed by atoms with Crippen molar-refractivity contribution in [2.24, 2.45) is 5.92 Å². The minimum Gasteiger partial charge on any atom is -0.510 e. The van der Waals surface area contributed by atoms with Gasteiger partial charge in [0.25, 0.3) is 6.33 Å². The molecule has 3 aromatic heterocycles. The average Bonchev–Trinajstić information content (AvgIpc) is 3.85. The number of hydrogen-bond donors (Lipinski definition) is 0. The Balaban J connectivity index is 0.00000518. The van der Waals surface area contributed by atoms with Crippen molar-refractivity contribution in [2.45, 2.75) is 59.8 Å². The molecule has 0 bridgehead atoms. The van der Waals surface area contributed by atoms with Crippen molar-refractivity contribution < 1.29 is 30.4 Å². The summed E-state index contributed by atoms with van der Waals surface area (Å²) in [6.45, 7) is 15.8. The van der Waals surface area contributed by atoms with Crippen LogP contribution >= 0.6 is 0 Å². The normalized spacial score (nSPS) is 12.2. The maximum absolute atomic E-state index is 6.71. The van der Waals surface area contributed by atoms with Crippen LogP contribution in [0, 0.1) is 31.3 Å². The van der Waals surface area contributed by atoms with Gasteiger partial charge in [0.2, 0.25) is 0 Å². The van der Waals surface area contributed by atoms with Gasteiger partial charge in [-0.25, -0.2) is 4.98 Å². The second-order valence-electron chi connectivity index (χ2n) is 18.0. The second kappa shape index (κ2) is 17.2. The van der Waals surface area contributed by atoms with Gasteiger partial charge in [0.1, 0.15) is 5.82 Å². The monoisotopic (exact) mass is 1010 g/mol. The molecule has 64 heavy (non-hydrogen) atoms. The zero-order valence-corrected chi connectivity index (χ0v) is 39.5. The molecule has 0 aliphatic rings. The van der Waals surface area contributed by atoms with E-state index in [0.29, 0.717) is 23.3 Å². The van der Waals surface area contributed by atoms with Gasteiger partial charge < -0.3 is 13.9 Å². The molecule has 0 saturated carbocycles. The maximum Gasteiger partial charge on any atom is 0.268 e. The van der Waals surface area contributed by atoms with Gasteiger partial charge in [-0.05, 0) is 92.4 Å². The summed E-state index contributed by atoms with van der Waals surface area (Å²) in [5.41, 5.74) is 14.2. The smallest absolute Gasteiger partial charge is 0.268 e. The molecular formula is C58H50N4OPt-2. The molecule has 5 nitrogen and oxygen atoms in total. The molecule has 0 amide bonds. The molecular weight excluding hydrogens is 964 g/mol. The van der Waals surface area contributed by atoms with Crippen molar-refractivity contribution in [1.82, 2.24) is 14.1 Å². The number of aromatic nitrogens is 4. The molecule has 0 aliphatic carbocycles. The summed E-state index contributed by atoms with van der Waals surface area (Å²) in [4.78, 5) is 4.94. The third kappa shape index (κ3) is 7.77. The van der Waals surface area contributed by atoms with E-state index in [4.69, 9.17) is 9.72 Å². The van der Waals surface area contributed by atoms with E-state index in [9.17, 15) is 0 Å². The summed E-state index contributed by atoms with van der Waals surface area (Å²) < 4.78 is 13.3. The van der Waals surface area contributed by atoms with Crippen LogP contribution in [-0.2, 0) is 26.5 Å².